The van der Waals surface area contributed by atoms with E-state index in [4.69, 9.17) is 23.2 Å². The highest BCUT2D eigenvalue weighted by Gasteiger charge is 2.19. The van der Waals surface area contributed by atoms with Crippen LogP contribution in [0.4, 0.5) is 11.5 Å². The van der Waals surface area contributed by atoms with Gasteiger partial charge in [0.2, 0.25) is 5.91 Å². The molecule has 1 aromatic carbocycles. The molecule has 1 aromatic heterocycles. The van der Waals surface area contributed by atoms with Crippen LogP contribution in [0.2, 0.25) is 10.0 Å². The average molecular weight is 380 g/mol. The zero-order chi connectivity index (χ0) is 17.6. The van der Waals surface area contributed by atoms with Gasteiger partial charge >= 0.3 is 0 Å². The molecule has 0 aliphatic carbocycles. The Labute approximate surface area is 156 Å². The number of hydrogen-bond acceptors (Lipinski definition) is 5. The van der Waals surface area contributed by atoms with Crippen LogP contribution in [0.1, 0.15) is 6.42 Å². The van der Waals surface area contributed by atoms with Crippen LogP contribution in [0.5, 0.6) is 0 Å². The molecule has 0 radical (unpaired) electrons. The number of piperazine rings is 1. The lowest BCUT2D eigenvalue weighted by molar-refractivity contribution is -0.116. The van der Waals surface area contributed by atoms with E-state index in [1.54, 1.807) is 36.8 Å². The number of aromatic nitrogens is 2. The van der Waals surface area contributed by atoms with Crippen molar-refractivity contribution in [3.63, 3.8) is 0 Å². The van der Waals surface area contributed by atoms with Crippen molar-refractivity contribution >= 4 is 40.6 Å². The monoisotopic (exact) mass is 379 g/mol. The summed E-state index contributed by atoms with van der Waals surface area (Å²) in [4.78, 5) is 25.0. The van der Waals surface area contributed by atoms with Crippen molar-refractivity contribution in [1.82, 2.24) is 14.9 Å². The van der Waals surface area contributed by atoms with Crippen LogP contribution >= 0.6 is 23.2 Å². The van der Waals surface area contributed by atoms with Gasteiger partial charge in [-0.15, -0.1) is 0 Å². The maximum absolute atomic E-state index is 12.2. The second-order valence-electron chi connectivity index (χ2n) is 5.79. The minimum atomic E-state index is -0.0913. The Kier molecular flexibility index (Phi) is 6.07. The second kappa shape index (κ2) is 8.47. The summed E-state index contributed by atoms with van der Waals surface area (Å²) in [6.45, 7) is 4.21. The van der Waals surface area contributed by atoms with Gasteiger partial charge in [-0.3, -0.25) is 14.7 Å². The van der Waals surface area contributed by atoms with Crippen LogP contribution in [0.25, 0.3) is 0 Å². The van der Waals surface area contributed by atoms with Crippen LogP contribution in [-0.4, -0.2) is 53.5 Å². The first kappa shape index (κ1) is 17.9. The molecule has 3 rings (SSSR count). The topological polar surface area (TPSA) is 61.4 Å². The van der Waals surface area contributed by atoms with Gasteiger partial charge in [0.05, 0.1) is 21.9 Å². The predicted molar refractivity (Wildman–Crippen MR) is 100 cm³/mol. The molecular formula is C17H19Cl2N5O. The van der Waals surface area contributed by atoms with Crippen molar-refractivity contribution in [3.05, 3.63) is 46.8 Å². The zero-order valence-corrected chi connectivity index (χ0v) is 15.2. The molecule has 2 heterocycles. The Morgan fingerprint density at radius 1 is 1.12 bits per heavy atom. The molecule has 0 atom stereocenters. The summed E-state index contributed by atoms with van der Waals surface area (Å²) in [5.74, 6) is 0.805. The number of rotatable bonds is 5. The average Bonchev–Trinajstić information content (AvgIpc) is 2.64. The molecule has 0 bridgehead atoms. The first-order chi connectivity index (χ1) is 12.1. The summed E-state index contributed by atoms with van der Waals surface area (Å²) in [5, 5.41) is 3.68. The number of amides is 1. The summed E-state index contributed by atoms with van der Waals surface area (Å²) in [5.41, 5.74) is 0.475. The normalized spacial score (nSPS) is 15.2. The third-order valence-electron chi connectivity index (χ3n) is 4.13. The van der Waals surface area contributed by atoms with Crippen LogP contribution in [0.15, 0.2) is 36.8 Å². The van der Waals surface area contributed by atoms with Gasteiger partial charge < -0.3 is 10.2 Å². The number of carbonyl (C=O) groups excluding carboxylic acids is 1. The maximum Gasteiger partial charge on any atom is 0.225 e. The Hall–Kier alpha value is -1.89. The fourth-order valence-corrected chi connectivity index (χ4v) is 3.23. The molecule has 132 valence electrons. The van der Waals surface area contributed by atoms with Gasteiger partial charge in [-0.25, -0.2) is 4.98 Å². The molecule has 1 aliphatic rings. The number of nitrogens with one attached hydrogen (secondary N) is 1. The van der Waals surface area contributed by atoms with Gasteiger partial charge in [0.1, 0.15) is 5.82 Å². The van der Waals surface area contributed by atoms with E-state index in [0.29, 0.717) is 28.7 Å². The highest BCUT2D eigenvalue weighted by molar-refractivity contribution is 6.39. The van der Waals surface area contributed by atoms with Crippen molar-refractivity contribution in [2.45, 2.75) is 6.42 Å². The minimum absolute atomic E-state index is 0.0913. The Morgan fingerprint density at radius 2 is 1.84 bits per heavy atom. The zero-order valence-electron chi connectivity index (χ0n) is 13.7. The van der Waals surface area contributed by atoms with Crippen molar-refractivity contribution < 1.29 is 4.79 Å². The SMILES string of the molecule is O=C(CCN1CCN(c2cnccn2)CC1)Nc1c(Cl)cccc1Cl. The number of para-hydroxylation sites is 1. The van der Waals surface area contributed by atoms with E-state index in [9.17, 15) is 4.79 Å². The smallest absolute Gasteiger partial charge is 0.225 e. The summed E-state index contributed by atoms with van der Waals surface area (Å²) in [6, 6.07) is 5.15. The summed E-state index contributed by atoms with van der Waals surface area (Å²) >= 11 is 12.1. The predicted octanol–water partition coefficient (Wildman–Crippen LogP) is 2.93. The molecule has 0 spiro atoms. The lowest BCUT2D eigenvalue weighted by Gasteiger charge is -2.35. The van der Waals surface area contributed by atoms with Gasteiger partial charge in [0.25, 0.3) is 0 Å². The van der Waals surface area contributed by atoms with Crippen LogP contribution in [-0.2, 0) is 4.79 Å². The van der Waals surface area contributed by atoms with E-state index < -0.39 is 0 Å². The summed E-state index contributed by atoms with van der Waals surface area (Å²) in [7, 11) is 0. The maximum atomic E-state index is 12.2. The van der Waals surface area contributed by atoms with Gasteiger partial charge in [-0.2, -0.15) is 0 Å². The van der Waals surface area contributed by atoms with E-state index in [1.807, 2.05) is 0 Å². The molecule has 0 saturated carbocycles. The number of nitrogens with zero attached hydrogens (tertiary/aromatic N) is 4. The van der Waals surface area contributed by atoms with E-state index in [2.05, 4.69) is 25.1 Å². The first-order valence-electron chi connectivity index (χ1n) is 8.10. The Bertz CT molecular complexity index is 700. The quantitative estimate of drug-likeness (QED) is 0.864. The molecule has 1 N–H and O–H groups in total. The van der Waals surface area contributed by atoms with Crippen molar-refractivity contribution in [2.75, 3.05) is 42.9 Å². The molecular weight excluding hydrogens is 361 g/mol. The fourth-order valence-electron chi connectivity index (χ4n) is 2.73. The summed E-state index contributed by atoms with van der Waals surface area (Å²) in [6.07, 6.45) is 5.54. The van der Waals surface area contributed by atoms with Crippen molar-refractivity contribution in [3.8, 4) is 0 Å². The molecule has 2 aromatic rings. The van der Waals surface area contributed by atoms with E-state index in [-0.39, 0.29) is 5.91 Å². The molecule has 6 nitrogen and oxygen atoms in total. The standard InChI is InChI=1S/C17H19Cl2N5O/c18-13-2-1-3-14(19)17(13)22-16(25)4-7-23-8-10-24(11-9-23)15-12-20-5-6-21-15/h1-3,5-6,12H,4,7-11H2,(H,22,25). The lowest BCUT2D eigenvalue weighted by atomic mass is 10.2. The highest BCUT2D eigenvalue weighted by atomic mass is 35.5. The highest BCUT2D eigenvalue weighted by Crippen LogP contribution is 2.29. The largest absolute Gasteiger partial charge is 0.353 e. The summed E-state index contributed by atoms with van der Waals surface area (Å²) < 4.78 is 0. The Morgan fingerprint density at radius 3 is 2.48 bits per heavy atom. The van der Waals surface area contributed by atoms with E-state index in [0.717, 1.165) is 32.0 Å². The second-order valence-corrected chi connectivity index (χ2v) is 6.60. The minimum Gasteiger partial charge on any atom is -0.353 e. The van der Waals surface area contributed by atoms with Gasteiger partial charge in [0, 0.05) is 51.5 Å². The van der Waals surface area contributed by atoms with Crippen molar-refractivity contribution in [1.29, 1.82) is 0 Å². The van der Waals surface area contributed by atoms with E-state index >= 15 is 0 Å². The number of halogens is 2. The molecule has 0 unspecified atom stereocenters. The van der Waals surface area contributed by atoms with Crippen molar-refractivity contribution in [2.24, 2.45) is 0 Å². The number of hydrogen-bond donors (Lipinski definition) is 1. The Balaban J connectivity index is 1.45. The van der Waals surface area contributed by atoms with Crippen LogP contribution < -0.4 is 10.2 Å². The molecule has 1 amide bonds. The number of anilines is 2. The molecule has 8 heteroatoms. The molecule has 1 fully saturated rings. The van der Waals surface area contributed by atoms with Gasteiger partial charge in [-0.05, 0) is 12.1 Å². The third kappa shape index (κ3) is 4.81. The third-order valence-corrected chi connectivity index (χ3v) is 4.76. The first-order valence-corrected chi connectivity index (χ1v) is 8.86. The number of carbonyl (C=O) groups is 1. The van der Waals surface area contributed by atoms with Gasteiger partial charge in [0.15, 0.2) is 0 Å². The van der Waals surface area contributed by atoms with Crippen LogP contribution in [0.3, 0.4) is 0 Å². The lowest BCUT2D eigenvalue weighted by Crippen LogP contribution is -2.47. The van der Waals surface area contributed by atoms with Gasteiger partial charge in [-0.1, -0.05) is 29.3 Å². The van der Waals surface area contributed by atoms with Crippen LogP contribution in [0, 0.1) is 0 Å². The molecule has 25 heavy (non-hydrogen) atoms. The molecule has 1 saturated heterocycles. The van der Waals surface area contributed by atoms with E-state index in [1.165, 1.54) is 0 Å². The number of benzene rings is 1. The fraction of sp³-hybridized carbons (Fsp3) is 0.353. The molecule has 1 aliphatic heterocycles.